The maximum absolute atomic E-state index is 12.0. The van der Waals surface area contributed by atoms with Gasteiger partial charge in [0, 0.05) is 24.9 Å². The first-order valence-corrected chi connectivity index (χ1v) is 6.17. The third-order valence-electron chi connectivity index (χ3n) is 2.91. The van der Waals surface area contributed by atoms with Crippen LogP contribution in [0.5, 0.6) is 0 Å². The Morgan fingerprint density at radius 3 is 2.70 bits per heavy atom. The van der Waals surface area contributed by atoms with Crippen molar-refractivity contribution in [2.45, 2.75) is 6.54 Å². The van der Waals surface area contributed by atoms with Gasteiger partial charge in [-0.1, -0.05) is 30.0 Å². The van der Waals surface area contributed by atoms with Crippen LogP contribution < -0.4 is 17.0 Å². The van der Waals surface area contributed by atoms with Crippen molar-refractivity contribution >= 4 is 0 Å². The van der Waals surface area contributed by atoms with Crippen LogP contribution in [-0.2, 0) is 13.6 Å². The second kappa shape index (κ2) is 6.04. The van der Waals surface area contributed by atoms with Gasteiger partial charge in [-0.3, -0.25) is 9.36 Å². The van der Waals surface area contributed by atoms with E-state index in [0.717, 1.165) is 11.1 Å². The number of nitrogens with zero attached hydrogens (tertiary/aromatic N) is 2. The molecule has 1 heterocycles. The Hall–Kier alpha value is -2.58. The first kappa shape index (κ1) is 13.8. The highest BCUT2D eigenvalue weighted by Crippen LogP contribution is 2.07. The van der Waals surface area contributed by atoms with E-state index in [0.29, 0.717) is 0 Å². The first-order valence-electron chi connectivity index (χ1n) is 6.17. The van der Waals surface area contributed by atoms with Gasteiger partial charge in [0.25, 0.3) is 5.56 Å². The molecule has 102 valence electrons. The standard InChI is InChI=1S/C15H15N3O2/c1-17-10-8-14(19)18(15(17)20)11-13-6-3-2-5-12(13)7-4-9-16/h2-3,5-6,8,10H,9,11,16H2,1H3. The molecule has 0 fully saturated rings. The molecule has 0 spiro atoms. The normalized spacial score (nSPS) is 9.90. The van der Waals surface area contributed by atoms with E-state index in [9.17, 15) is 9.59 Å². The van der Waals surface area contributed by atoms with E-state index in [1.165, 1.54) is 21.4 Å². The summed E-state index contributed by atoms with van der Waals surface area (Å²) >= 11 is 0. The van der Waals surface area contributed by atoms with Gasteiger partial charge in [-0.2, -0.15) is 0 Å². The lowest BCUT2D eigenvalue weighted by Crippen LogP contribution is -2.38. The van der Waals surface area contributed by atoms with Crippen molar-refractivity contribution in [3.05, 3.63) is 68.5 Å². The van der Waals surface area contributed by atoms with E-state index >= 15 is 0 Å². The SMILES string of the molecule is Cn1ccc(=O)n(Cc2ccccc2C#CCN)c1=O. The van der Waals surface area contributed by atoms with Crippen LogP contribution >= 0.6 is 0 Å². The molecule has 5 nitrogen and oxygen atoms in total. The maximum Gasteiger partial charge on any atom is 0.331 e. The second-order valence-corrected chi connectivity index (χ2v) is 4.30. The Kier molecular flexibility index (Phi) is 4.18. The van der Waals surface area contributed by atoms with Crippen molar-refractivity contribution < 1.29 is 0 Å². The highest BCUT2D eigenvalue weighted by Gasteiger charge is 2.06. The van der Waals surface area contributed by atoms with Gasteiger partial charge in [-0.25, -0.2) is 4.79 Å². The van der Waals surface area contributed by atoms with Crippen molar-refractivity contribution in [1.82, 2.24) is 9.13 Å². The van der Waals surface area contributed by atoms with E-state index in [2.05, 4.69) is 11.8 Å². The summed E-state index contributed by atoms with van der Waals surface area (Å²) in [6.07, 6.45) is 1.46. The average molecular weight is 269 g/mol. The maximum atomic E-state index is 12.0. The molecule has 2 N–H and O–H groups in total. The largest absolute Gasteiger partial charge is 0.331 e. The van der Waals surface area contributed by atoms with Crippen molar-refractivity contribution in [3.8, 4) is 11.8 Å². The summed E-state index contributed by atoms with van der Waals surface area (Å²) in [5, 5.41) is 0. The van der Waals surface area contributed by atoms with Crippen LogP contribution in [0.3, 0.4) is 0 Å². The number of hydrogen-bond acceptors (Lipinski definition) is 3. The molecule has 5 heteroatoms. The van der Waals surface area contributed by atoms with E-state index < -0.39 is 0 Å². The van der Waals surface area contributed by atoms with Crippen LogP contribution in [0.25, 0.3) is 0 Å². The van der Waals surface area contributed by atoms with Crippen molar-refractivity contribution in [3.63, 3.8) is 0 Å². The van der Waals surface area contributed by atoms with E-state index in [4.69, 9.17) is 5.73 Å². The smallest absolute Gasteiger partial charge is 0.320 e. The van der Waals surface area contributed by atoms with Gasteiger partial charge in [-0.05, 0) is 11.6 Å². The van der Waals surface area contributed by atoms with Gasteiger partial charge in [0.2, 0.25) is 0 Å². The summed E-state index contributed by atoms with van der Waals surface area (Å²) in [5.41, 5.74) is 6.28. The second-order valence-electron chi connectivity index (χ2n) is 4.30. The summed E-state index contributed by atoms with van der Waals surface area (Å²) in [6, 6.07) is 8.77. The zero-order valence-electron chi connectivity index (χ0n) is 11.2. The van der Waals surface area contributed by atoms with E-state index in [-0.39, 0.29) is 24.3 Å². The van der Waals surface area contributed by atoms with Crippen molar-refractivity contribution in [2.75, 3.05) is 6.54 Å². The number of aromatic nitrogens is 2. The molecule has 0 radical (unpaired) electrons. The highest BCUT2D eigenvalue weighted by atomic mass is 16.2. The van der Waals surface area contributed by atoms with Crippen LogP contribution in [0.1, 0.15) is 11.1 Å². The first-order chi connectivity index (χ1) is 9.63. The molecule has 1 aromatic heterocycles. The molecule has 0 bridgehead atoms. The fourth-order valence-electron chi connectivity index (χ4n) is 1.86. The Balaban J connectivity index is 2.49. The summed E-state index contributed by atoms with van der Waals surface area (Å²) in [6.45, 7) is 0.461. The minimum Gasteiger partial charge on any atom is -0.320 e. The summed E-state index contributed by atoms with van der Waals surface area (Å²) < 4.78 is 2.55. The van der Waals surface area contributed by atoms with Crippen molar-refractivity contribution in [2.24, 2.45) is 12.8 Å². The summed E-state index contributed by atoms with van der Waals surface area (Å²) in [5.74, 6) is 5.73. The Morgan fingerprint density at radius 1 is 1.20 bits per heavy atom. The molecule has 0 saturated heterocycles. The molecule has 0 aliphatic heterocycles. The predicted octanol–water partition coefficient (Wildman–Crippen LogP) is -0.0945. The minimum atomic E-state index is -0.348. The minimum absolute atomic E-state index is 0.196. The van der Waals surface area contributed by atoms with Gasteiger partial charge in [0.15, 0.2) is 0 Å². The number of rotatable bonds is 2. The molecule has 0 saturated carbocycles. The number of hydrogen-bond donors (Lipinski definition) is 1. The van der Waals surface area contributed by atoms with Crippen LogP contribution in [0.4, 0.5) is 0 Å². The van der Waals surface area contributed by atoms with E-state index in [1.54, 1.807) is 7.05 Å². The van der Waals surface area contributed by atoms with Crippen LogP contribution in [-0.4, -0.2) is 15.7 Å². The lowest BCUT2D eigenvalue weighted by atomic mass is 10.1. The molecule has 0 aliphatic carbocycles. The van der Waals surface area contributed by atoms with Crippen LogP contribution in [0.2, 0.25) is 0 Å². The van der Waals surface area contributed by atoms with Gasteiger partial charge >= 0.3 is 5.69 Å². The molecular formula is C15H15N3O2. The molecule has 20 heavy (non-hydrogen) atoms. The Labute approximate surface area is 116 Å². The molecule has 0 unspecified atom stereocenters. The third kappa shape index (κ3) is 2.87. The van der Waals surface area contributed by atoms with E-state index in [1.807, 2.05) is 24.3 Å². The molecule has 2 aromatic rings. The van der Waals surface area contributed by atoms with Crippen LogP contribution in [0.15, 0.2) is 46.1 Å². The number of aryl methyl sites for hydroxylation is 1. The predicted molar refractivity (Wildman–Crippen MR) is 77.4 cm³/mol. The Morgan fingerprint density at radius 2 is 1.95 bits per heavy atom. The third-order valence-corrected chi connectivity index (χ3v) is 2.91. The zero-order valence-corrected chi connectivity index (χ0v) is 11.2. The molecule has 1 aromatic carbocycles. The number of nitrogens with two attached hydrogens (primary N) is 1. The Bertz CT molecular complexity index is 791. The van der Waals surface area contributed by atoms with Gasteiger partial charge in [0.05, 0.1) is 13.1 Å². The summed E-state index contributed by atoms with van der Waals surface area (Å²) in [4.78, 5) is 23.8. The van der Waals surface area contributed by atoms with Crippen LogP contribution in [0, 0.1) is 11.8 Å². The van der Waals surface area contributed by atoms with Gasteiger partial charge in [-0.15, -0.1) is 0 Å². The summed E-state index contributed by atoms with van der Waals surface area (Å²) in [7, 11) is 1.61. The fraction of sp³-hybridized carbons (Fsp3) is 0.200. The topological polar surface area (TPSA) is 70.0 Å². The van der Waals surface area contributed by atoms with Gasteiger partial charge in [0.1, 0.15) is 0 Å². The molecule has 0 atom stereocenters. The molecule has 0 amide bonds. The monoisotopic (exact) mass is 269 g/mol. The number of benzene rings is 1. The average Bonchev–Trinajstić information content (AvgIpc) is 2.46. The van der Waals surface area contributed by atoms with Crippen molar-refractivity contribution in [1.29, 1.82) is 0 Å². The fourth-order valence-corrected chi connectivity index (χ4v) is 1.86. The van der Waals surface area contributed by atoms with Gasteiger partial charge < -0.3 is 10.3 Å². The highest BCUT2D eigenvalue weighted by molar-refractivity contribution is 5.41. The molecule has 2 rings (SSSR count). The lowest BCUT2D eigenvalue weighted by molar-refractivity contribution is 0.639. The molecule has 0 aliphatic rings. The zero-order chi connectivity index (χ0) is 14.5. The lowest BCUT2D eigenvalue weighted by Gasteiger charge is -2.08. The quantitative estimate of drug-likeness (QED) is 0.774. The molecular weight excluding hydrogens is 254 g/mol.